The average Bonchev–Trinajstić information content (AvgIpc) is 3.20. The molecule has 3 heterocycles. The molecule has 3 aliphatic rings. The van der Waals surface area contributed by atoms with Crippen LogP contribution in [0.5, 0.6) is 5.75 Å². The summed E-state index contributed by atoms with van der Waals surface area (Å²) in [5.74, 6) is 2.75. The Balaban J connectivity index is 1.39. The summed E-state index contributed by atoms with van der Waals surface area (Å²) >= 11 is 0. The molecule has 3 aliphatic heterocycles. The lowest BCUT2D eigenvalue weighted by Gasteiger charge is -2.22. The van der Waals surface area contributed by atoms with Crippen LogP contribution in [0.4, 0.5) is 0 Å². The Morgan fingerprint density at radius 3 is 2.43 bits per heavy atom. The van der Waals surface area contributed by atoms with E-state index in [4.69, 9.17) is 4.74 Å². The molecule has 1 aromatic carbocycles. The molecule has 21 heavy (non-hydrogen) atoms. The maximum atomic E-state index is 5.20. The first-order valence-corrected chi connectivity index (χ1v) is 8.14. The minimum atomic E-state index is 0.829. The van der Waals surface area contributed by atoms with Crippen molar-refractivity contribution in [3.63, 3.8) is 0 Å². The minimum Gasteiger partial charge on any atom is -0.497 e. The SMILES string of the molecule is COc1ccc(C=CCN2C3CCC2C2CNCC23)cc1. The zero-order chi connectivity index (χ0) is 14.2. The van der Waals surface area contributed by atoms with Gasteiger partial charge in [0.05, 0.1) is 7.11 Å². The summed E-state index contributed by atoms with van der Waals surface area (Å²) in [4.78, 5) is 2.76. The largest absolute Gasteiger partial charge is 0.497 e. The van der Waals surface area contributed by atoms with Gasteiger partial charge in [0.15, 0.2) is 0 Å². The Labute approximate surface area is 127 Å². The molecule has 3 fully saturated rings. The van der Waals surface area contributed by atoms with Crippen LogP contribution in [0.15, 0.2) is 30.3 Å². The number of nitrogens with one attached hydrogen (secondary N) is 1. The normalized spacial score (nSPS) is 34.7. The first-order valence-electron chi connectivity index (χ1n) is 8.14. The molecule has 4 atom stereocenters. The highest BCUT2D eigenvalue weighted by molar-refractivity contribution is 5.50. The third kappa shape index (κ3) is 2.29. The fourth-order valence-electron chi connectivity index (χ4n) is 4.70. The van der Waals surface area contributed by atoms with Crippen molar-refractivity contribution in [2.75, 3.05) is 26.7 Å². The van der Waals surface area contributed by atoms with E-state index in [0.29, 0.717) is 0 Å². The molecule has 0 saturated carbocycles. The van der Waals surface area contributed by atoms with Gasteiger partial charge in [0.2, 0.25) is 0 Å². The second kappa shape index (κ2) is 5.47. The van der Waals surface area contributed by atoms with Gasteiger partial charge in [0, 0.05) is 18.6 Å². The number of nitrogens with zero attached hydrogens (tertiary/aromatic N) is 1. The van der Waals surface area contributed by atoms with Gasteiger partial charge in [-0.2, -0.15) is 0 Å². The Kier molecular flexibility index (Phi) is 3.48. The van der Waals surface area contributed by atoms with E-state index in [-0.39, 0.29) is 0 Å². The smallest absolute Gasteiger partial charge is 0.118 e. The summed E-state index contributed by atoms with van der Waals surface area (Å²) in [5.41, 5.74) is 1.25. The van der Waals surface area contributed by atoms with Crippen molar-refractivity contribution in [3.05, 3.63) is 35.9 Å². The second-order valence-electron chi connectivity index (χ2n) is 6.57. The number of hydrogen-bond donors (Lipinski definition) is 1. The van der Waals surface area contributed by atoms with Crippen LogP contribution >= 0.6 is 0 Å². The van der Waals surface area contributed by atoms with Crippen molar-refractivity contribution in [1.82, 2.24) is 10.2 Å². The molecule has 0 aromatic heterocycles. The van der Waals surface area contributed by atoms with Crippen LogP contribution < -0.4 is 10.1 Å². The van der Waals surface area contributed by atoms with Gasteiger partial charge in [-0.25, -0.2) is 0 Å². The molecule has 0 amide bonds. The van der Waals surface area contributed by atoms with Gasteiger partial charge < -0.3 is 10.1 Å². The summed E-state index contributed by atoms with van der Waals surface area (Å²) in [7, 11) is 1.71. The quantitative estimate of drug-likeness (QED) is 0.919. The van der Waals surface area contributed by atoms with Crippen molar-refractivity contribution < 1.29 is 4.74 Å². The van der Waals surface area contributed by atoms with Crippen LogP contribution in [0.25, 0.3) is 6.08 Å². The molecule has 0 spiro atoms. The molecule has 1 N–H and O–H groups in total. The third-order valence-corrected chi connectivity index (χ3v) is 5.65. The van der Waals surface area contributed by atoms with Gasteiger partial charge in [-0.3, -0.25) is 4.90 Å². The third-order valence-electron chi connectivity index (χ3n) is 5.65. The zero-order valence-electron chi connectivity index (χ0n) is 12.7. The second-order valence-corrected chi connectivity index (χ2v) is 6.57. The molecular formula is C18H24N2O. The Morgan fingerprint density at radius 2 is 1.81 bits per heavy atom. The van der Waals surface area contributed by atoms with E-state index in [9.17, 15) is 0 Å². The van der Waals surface area contributed by atoms with Crippen molar-refractivity contribution in [3.8, 4) is 5.75 Å². The molecule has 2 bridgehead atoms. The highest BCUT2D eigenvalue weighted by Crippen LogP contribution is 2.47. The van der Waals surface area contributed by atoms with E-state index in [1.54, 1.807) is 7.11 Å². The molecule has 0 radical (unpaired) electrons. The van der Waals surface area contributed by atoms with Crippen LogP contribution in [0.1, 0.15) is 18.4 Å². The van der Waals surface area contributed by atoms with Gasteiger partial charge in [-0.05, 0) is 55.5 Å². The fraction of sp³-hybridized carbons (Fsp3) is 0.556. The van der Waals surface area contributed by atoms with Gasteiger partial charge in [-0.15, -0.1) is 0 Å². The topological polar surface area (TPSA) is 24.5 Å². The summed E-state index contributed by atoms with van der Waals surface area (Å²) < 4.78 is 5.20. The molecular weight excluding hydrogens is 260 g/mol. The molecule has 4 rings (SSSR count). The van der Waals surface area contributed by atoms with Crippen molar-refractivity contribution in [1.29, 1.82) is 0 Å². The summed E-state index contributed by atoms with van der Waals surface area (Å²) in [6.07, 6.45) is 7.39. The van der Waals surface area contributed by atoms with Crippen molar-refractivity contribution in [2.45, 2.75) is 24.9 Å². The maximum Gasteiger partial charge on any atom is 0.118 e. The lowest BCUT2D eigenvalue weighted by molar-refractivity contribution is 0.253. The molecule has 112 valence electrons. The molecule has 4 unspecified atom stereocenters. The molecule has 3 heteroatoms. The standard InChI is InChI=1S/C18H24N2O/c1-21-14-6-4-13(5-7-14)3-2-10-20-17-8-9-18(20)16-12-19-11-15(16)17/h2-7,15-19H,8-12H2,1H3. The monoisotopic (exact) mass is 284 g/mol. The van der Waals surface area contributed by atoms with E-state index < -0.39 is 0 Å². The number of methoxy groups -OCH3 is 1. The zero-order valence-corrected chi connectivity index (χ0v) is 12.7. The number of rotatable bonds is 4. The Hall–Kier alpha value is -1.32. The summed E-state index contributed by atoms with van der Waals surface area (Å²) in [6, 6.07) is 9.94. The predicted octanol–water partition coefficient (Wildman–Crippen LogP) is 2.39. The van der Waals surface area contributed by atoms with E-state index in [1.165, 1.54) is 31.5 Å². The lowest BCUT2D eigenvalue weighted by Crippen LogP contribution is -2.34. The van der Waals surface area contributed by atoms with Gasteiger partial charge in [-0.1, -0.05) is 24.3 Å². The average molecular weight is 284 g/mol. The van der Waals surface area contributed by atoms with Gasteiger partial charge in [0.1, 0.15) is 5.75 Å². The first-order chi connectivity index (χ1) is 10.4. The van der Waals surface area contributed by atoms with Crippen LogP contribution in [0.2, 0.25) is 0 Å². The maximum absolute atomic E-state index is 5.20. The van der Waals surface area contributed by atoms with E-state index in [0.717, 1.165) is 36.2 Å². The van der Waals surface area contributed by atoms with Gasteiger partial charge >= 0.3 is 0 Å². The Bertz CT molecular complexity index is 507. The highest BCUT2D eigenvalue weighted by Gasteiger charge is 2.53. The van der Waals surface area contributed by atoms with E-state index >= 15 is 0 Å². The van der Waals surface area contributed by atoms with Crippen molar-refractivity contribution >= 4 is 6.08 Å². The van der Waals surface area contributed by atoms with Crippen LogP contribution in [-0.2, 0) is 0 Å². The first kappa shape index (κ1) is 13.4. The molecule has 1 aromatic rings. The molecule has 3 saturated heterocycles. The number of benzene rings is 1. The van der Waals surface area contributed by atoms with Crippen LogP contribution in [0, 0.1) is 11.8 Å². The van der Waals surface area contributed by atoms with Crippen LogP contribution in [-0.4, -0.2) is 43.7 Å². The van der Waals surface area contributed by atoms with E-state index in [2.05, 4.69) is 34.5 Å². The predicted molar refractivity (Wildman–Crippen MR) is 85.4 cm³/mol. The number of fused-ring (bicyclic) bond motifs is 5. The van der Waals surface area contributed by atoms with Crippen LogP contribution in [0.3, 0.4) is 0 Å². The highest BCUT2D eigenvalue weighted by atomic mass is 16.5. The number of ether oxygens (including phenoxy) is 1. The lowest BCUT2D eigenvalue weighted by atomic mass is 9.82. The fourth-order valence-corrected chi connectivity index (χ4v) is 4.70. The van der Waals surface area contributed by atoms with Crippen molar-refractivity contribution in [2.24, 2.45) is 11.8 Å². The number of hydrogen-bond acceptors (Lipinski definition) is 3. The minimum absolute atomic E-state index is 0.829. The molecule has 3 nitrogen and oxygen atoms in total. The van der Waals surface area contributed by atoms with Gasteiger partial charge in [0.25, 0.3) is 0 Å². The van der Waals surface area contributed by atoms with E-state index in [1.807, 2.05) is 12.1 Å². The Morgan fingerprint density at radius 1 is 1.14 bits per heavy atom. The summed E-state index contributed by atoms with van der Waals surface area (Å²) in [6.45, 7) is 3.59. The molecule has 0 aliphatic carbocycles. The summed E-state index contributed by atoms with van der Waals surface area (Å²) in [5, 5.41) is 3.58.